The van der Waals surface area contributed by atoms with Crippen LogP contribution in [-0.2, 0) is 14.8 Å². The Morgan fingerprint density at radius 3 is 2.57 bits per heavy atom. The van der Waals surface area contributed by atoms with Gasteiger partial charge in [-0.3, -0.25) is 19.9 Å². The molecule has 1 saturated heterocycles. The van der Waals surface area contributed by atoms with Crippen molar-refractivity contribution in [2.24, 2.45) is 0 Å². The Bertz CT molecular complexity index is 1350. The Labute approximate surface area is 174 Å². The van der Waals surface area contributed by atoms with E-state index in [0.29, 0.717) is 22.3 Å². The maximum absolute atomic E-state index is 14.8. The van der Waals surface area contributed by atoms with Crippen LogP contribution in [0.4, 0.5) is 9.18 Å². The second-order valence-corrected chi connectivity index (χ2v) is 9.70. The lowest BCUT2D eigenvalue weighted by atomic mass is 10.1. The summed E-state index contributed by atoms with van der Waals surface area (Å²) in [5.74, 6) is -0.980. The van der Waals surface area contributed by atoms with Crippen molar-refractivity contribution in [3.8, 4) is 11.1 Å². The minimum Gasteiger partial charge on any atom is -0.456 e. The molecule has 1 aliphatic rings. The number of fused-ring (bicyclic) bond motifs is 1. The van der Waals surface area contributed by atoms with Crippen LogP contribution in [0.25, 0.3) is 28.2 Å². The van der Waals surface area contributed by atoms with E-state index in [1.807, 2.05) is 0 Å². The standard InChI is InChI=1S/C19H14FN3O5S2/c1-23(2)30(26,27)12-3-4-13(15(20)7-12)14-9-21-8-10-5-11(28-17(10)14)6-16-18(24)22-19(25)29-16/h3-9H,1-2H3,(H,22,24,25). The monoisotopic (exact) mass is 447 g/mol. The molecule has 1 aromatic carbocycles. The number of nitrogens with zero attached hydrogens (tertiary/aromatic N) is 2. The molecule has 2 amide bonds. The van der Waals surface area contributed by atoms with Crippen LogP contribution in [0.3, 0.4) is 0 Å². The summed E-state index contributed by atoms with van der Waals surface area (Å²) in [5.41, 5.74) is 0.749. The van der Waals surface area contributed by atoms with E-state index in [-0.39, 0.29) is 15.4 Å². The molecular formula is C19H14FN3O5S2. The number of halogens is 1. The molecule has 1 aliphatic heterocycles. The van der Waals surface area contributed by atoms with E-state index in [1.165, 1.54) is 44.7 Å². The Balaban J connectivity index is 1.79. The third kappa shape index (κ3) is 3.51. The van der Waals surface area contributed by atoms with Crippen LogP contribution in [0.2, 0.25) is 0 Å². The first-order valence-corrected chi connectivity index (χ1v) is 10.8. The normalized spacial score (nSPS) is 16.1. The van der Waals surface area contributed by atoms with Crippen LogP contribution >= 0.6 is 11.8 Å². The highest BCUT2D eigenvalue weighted by molar-refractivity contribution is 8.18. The highest BCUT2D eigenvalue weighted by Gasteiger charge is 2.26. The molecule has 0 bridgehead atoms. The molecule has 0 unspecified atom stereocenters. The van der Waals surface area contributed by atoms with Gasteiger partial charge in [-0.1, -0.05) is 0 Å². The summed E-state index contributed by atoms with van der Waals surface area (Å²) in [6.07, 6.45) is 4.33. The molecule has 3 aromatic rings. The Kier molecular flexibility index (Phi) is 4.96. The van der Waals surface area contributed by atoms with Crippen molar-refractivity contribution in [1.82, 2.24) is 14.6 Å². The fourth-order valence-electron chi connectivity index (χ4n) is 2.88. The third-order valence-corrected chi connectivity index (χ3v) is 6.99. The maximum Gasteiger partial charge on any atom is 0.290 e. The van der Waals surface area contributed by atoms with E-state index in [9.17, 15) is 22.4 Å². The maximum atomic E-state index is 14.8. The molecule has 11 heteroatoms. The van der Waals surface area contributed by atoms with Gasteiger partial charge in [0.05, 0.1) is 9.80 Å². The number of sulfonamides is 1. The summed E-state index contributed by atoms with van der Waals surface area (Å²) in [5, 5.41) is 2.23. The number of aromatic nitrogens is 1. The quantitative estimate of drug-likeness (QED) is 0.612. The number of nitrogens with one attached hydrogen (secondary N) is 1. The predicted molar refractivity (Wildman–Crippen MR) is 109 cm³/mol. The number of carbonyl (C=O) groups excluding carboxylic acids is 2. The summed E-state index contributed by atoms with van der Waals surface area (Å²) in [4.78, 5) is 27.1. The van der Waals surface area contributed by atoms with Crippen molar-refractivity contribution in [2.45, 2.75) is 4.90 Å². The van der Waals surface area contributed by atoms with Gasteiger partial charge in [0.2, 0.25) is 10.0 Å². The van der Waals surface area contributed by atoms with Gasteiger partial charge in [-0.2, -0.15) is 0 Å². The highest BCUT2D eigenvalue weighted by Crippen LogP contribution is 2.34. The van der Waals surface area contributed by atoms with E-state index in [2.05, 4.69) is 10.3 Å². The molecule has 0 atom stereocenters. The smallest absolute Gasteiger partial charge is 0.290 e. The van der Waals surface area contributed by atoms with E-state index in [1.54, 1.807) is 6.07 Å². The van der Waals surface area contributed by atoms with E-state index < -0.39 is 27.0 Å². The average Bonchev–Trinajstić information content (AvgIpc) is 3.23. The first kappa shape index (κ1) is 20.3. The highest BCUT2D eigenvalue weighted by atomic mass is 32.2. The van der Waals surface area contributed by atoms with Crippen LogP contribution < -0.4 is 5.32 Å². The Morgan fingerprint density at radius 1 is 1.17 bits per heavy atom. The van der Waals surface area contributed by atoms with Gasteiger partial charge in [0.1, 0.15) is 17.2 Å². The Hall–Kier alpha value is -3.02. The van der Waals surface area contributed by atoms with Crippen molar-refractivity contribution >= 4 is 50.0 Å². The summed E-state index contributed by atoms with van der Waals surface area (Å²) >= 11 is 0.753. The van der Waals surface area contributed by atoms with Gasteiger partial charge in [-0.15, -0.1) is 0 Å². The second-order valence-electron chi connectivity index (χ2n) is 6.54. The van der Waals surface area contributed by atoms with Gasteiger partial charge in [0, 0.05) is 49.1 Å². The average molecular weight is 447 g/mol. The van der Waals surface area contributed by atoms with Crippen LogP contribution in [-0.4, -0.2) is 42.9 Å². The number of carbonyl (C=O) groups is 2. The SMILES string of the molecule is CN(C)S(=O)(=O)c1ccc(-c2cncc3cc(C=C4SC(=O)NC4=O)oc23)c(F)c1. The minimum atomic E-state index is -3.78. The Morgan fingerprint density at radius 2 is 1.93 bits per heavy atom. The van der Waals surface area contributed by atoms with Crippen LogP contribution in [0.5, 0.6) is 0 Å². The molecule has 2 aromatic heterocycles. The number of benzene rings is 1. The zero-order valence-electron chi connectivity index (χ0n) is 15.7. The largest absolute Gasteiger partial charge is 0.456 e. The third-order valence-electron chi connectivity index (χ3n) is 4.37. The zero-order valence-corrected chi connectivity index (χ0v) is 17.3. The van der Waals surface area contributed by atoms with Crippen molar-refractivity contribution < 1.29 is 26.8 Å². The number of imide groups is 1. The molecular weight excluding hydrogens is 433 g/mol. The van der Waals surface area contributed by atoms with Gasteiger partial charge in [-0.05, 0) is 36.0 Å². The number of furan rings is 1. The van der Waals surface area contributed by atoms with E-state index in [0.717, 1.165) is 22.1 Å². The molecule has 3 heterocycles. The number of hydrogen-bond acceptors (Lipinski definition) is 7. The van der Waals surface area contributed by atoms with Gasteiger partial charge in [0.25, 0.3) is 11.1 Å². The molecule has 1 N–H and O–H groups in total. The molecule has 0 saturated carbocycles. The topological polar surface area (TPSA) is 110 Å². The molecule has 154 valence electrons. The lowest BCUT2D eigenvalue weighted by Crippen LogP contribution is -2.22. The fourth-order valence-corrected chi connectivity index (χ4v) is 4.46. The first-order valence-electron chi connectivity index (χ1n) is 8.51. The van der Waals surface area contributed by atoms with Gasteiger partial charge < -0.3 is 4.42 Å². The zero-order chi connectivity index (χ0) is 21.6. The fraction of sp³-hybridized carbons (Fsp3) is 0.105. The number of pyridine rings is 1. The molecule has 1 fully saturated rings. The summed E-state index contributed by atoms with van der Waals surface area (Å²) < 4.78 is 46.1. The summed E-state index contributed by atoms with van der Waals surface area (Å²) in [6.45, 7) is 0. The predicted octanol–water partition coefficient (Wildman–Crippen LogP) is 3.21. The molecule has 0 spiro atoms. The number of amides is 2. The van der Waals surface area contributed by atoms with E-state index in [4.69, 9.17) is 4.42 Å². The molecule has 8 nitrogen and oxygen atoms in total. The van der Waals surface area contributed by atoms with Crippen LogP contribution in [0.1, 0.15) is 5.76 Å². The summed E-state index contributed by atoms with van der Waals surface area (Å²) in [7, 11) is -1.06. The van der Waals surface area contributed by atoms with Gasteiger partial charge >= 0.3 is 0 Å². The molecule has 0 aliphatic carbocycles. The van der Waals surface area contributed by atoms with Crippen molar-refractivity contribution in [1.29, 1.82) is 0 Å². The molecule has 30 heavy (non-hydrogen) atoms. The first-order chi connectivity index (χ1) is 14.2. The number of thioether (sulfide) groups is 1. The molecule has 0 radical (unpaired) electrons. The van der Waals surface area contributed by atoms with Gasteiger partial charge in [0.15, 0.2) is 0 Å². The second kappa shape index (κ2) is 7.35. The number of rotatable bonds is 4. The van der Waals surface area contributed by atoms with Crippen molar-refractivity contribution in [2.75, 3.05) is 14.1 Å². The lowest BCUT2D eigenvalue weighted by Gasteiger charge is -2.12. The van der Waals surface area contributed by atoms with Crippen molar-refractivity contribution in [3.05, 3.63) is 53.1 Å². The lowest BCUT2D eigenvalue weighted by molar-refractivity contribution is -0.115. The number of hydrogen-bond donors (Lipinski definition) is 1. The van der Waals surface area contributed by atoms with Crippen LogP contribution in [0.15, 0.2) is 50.9 Å². The van der Waals surface area contributed by atoms with Crippen molar-refractivity contribution in [3.63, 3.8) is 0 Å². The minimum absolute atomic E-state index is 0.113. The van der Waals surface area contributed by atoms with Gasteiger partial charge in [-0.25, -0.2) is 17.1 Å². The van der Waals surface area contributed by atoms with Crippen LogP contribution in [0, 0.1) is 5.82 Å². The van der Waals surface area contributed by atoms with E-state index >= 15 is 0 Å². The summed E-state index contributed by atoms with van der Waals surface area (Å²) in [6, 6.07) is 5.21. The molecule has 4 rings (SSSR count).